The van der Waals surface area contributed by atoms with E-state index in [1.54, 1.807) is 22.8 Å². The molecule has 3 N–H and O–H groups in total. The number of nitrogens with two attached hydrogens (primary N) is 1. The van der Waals surface area contributed by atoms with Crippen molar-refractivity contribution in [2.24, 2.45) is 5.73 Å². The third kappa shape index (κ3) is 3.87. The summed E-state index contributed by atoms with van der Waals surface area (Å²) < 4.78 is 27.3. The molecule has 0 aliphatic rings. The summed E-state index contributed by atoms with van der Waals surface area (Å²) in [5.41, 5.74) is 7.48. The molecule has 0 fully saturated rings. The van der Waals surface area contributed by atoms with Gasteiger partial charge in [-0.3, -0.25) is 0 Å². The van der Waals surface area contributed by atoms with E-state index in [1.165, 1.54) is 11.3 Å². The Morgan fingerprint density at radius 2 is 2.16 bits per heavy atom. The second-order valence-electron chi connectivity index (χ2n) is 4.34. The second kappa shape index (κ2) is 6.15. The second-order valence-corrected chi connectivity index (χ2v) is 7.97. The summed E-state index contributed by atoms with van der Waals surface area (Å²) in [6.45, 7) is 2.23. The van der Waals surface area contributed by atoms with E-state index in [-0.39, 0.29) is 6.04 Å². The molecule has 104 valence electrons. The number of hydrogen-bond donors (Lipinski definition) is 2. The van der Waals surface area contributed by atoms with E-state index in [1.807, 2.05) is 23.8 Å². The lowest BCUT2D eigenvalue weighted by molar-refractivity contribution is 0.562. The van der Waals surface area contributed by atoms with Crippen LogP contribution in [-0.2, 0) is 23.0 Å². The molecule has 0 radical (unpaired) electrons. The average molecular weight is 316 g/mol. The molecule has 2 rings (SSSR count). The van der Waals surface area contributed by atoms with Gasteiger partial charge in [-0.05, 0) is 52.7 Å². The average Bonchev–Trinajstić information content (AvgIpc) is 2.97. The third-order valence-electron chi connectivity index (χ3n) is 2.61. The van der Waals surface area contributed by atoms with Gasteiger partial charge in [-0.2, -0.15) is 11.3 Å². The van der Waals surface area contributed by atoms with Gasteiger partial charge in [0.1, 0.15) is 4.21 Å². The Labute approximate surface area is 121 Å². The largest absolute Gasteiger partial charge is 0.326 e. The van der Waals surface area contributed by atoms with Crippen molar-refractivity contribution in [3.63, 3.8) is 0 Å². The summed E-state index contributed by atoms with van der Waals surface area (Å²) in [6.07, 6.45) is 0.692. The molecule has 19 heavy (non-hydrogen) atoms. The summed E-state index contributed by atoms with van der Waals surface area (Å²) in [5, 5.41) is 5.80. The number of hydrogen-bond acceptors (Lipinski definition) is 5. The molecule has 0 bridgehead atoms. The monoisotopic (exact) mass is 316 g/mol. The zero-order valence-corrected chi connectivity index (χ0v) is 12.9. The fourth-order valence-electron chi connectivity index (χ4n) is 1.73. The molecular weight excluding hydrogens is 300 g/mol. The van der Waals surface area contributed by atoms with Gasteiger partial charge < -0.3 is 5.73 Å². The van der Waals surface area contributed by atoms with Crippen molar-refractivity contribution in [3.05, 3.63) is 39.4 Å². The van der Waals surface area contributed by atoms with Crippen LogP contribution in [0.3, 0.4) is 0 Å². The SMILES string of the molecule is CC(Cc1ccsc1)NS(=O)(=O)c1cc(CN)cs1. The van der Waals surface area contributed by atoms with E-state index >= 15 is 0 Å². The van der Waals surface area contributed by atoms with Gasteiger partial charge in [0.05, 0.1) is 0 Å². The van der Waals surface area contributed by atoms with E-state index in [0.29, 0.717) is 17.2 Å². The molecule has 2 aromatic heterocycles. The van der Waals surface area contributed by atoms with Crippen LogP contribution < -0.4 is 10.5 Å². The van der Waals surface area contributed by atoms with Crippen molar-refractivity contribution in [1.82, 2.24) is 4.72 Å². The Bertz CT molecular complexity index is 617. The van der Waals surface area contributed by atoms with Gasteiger partial charge in [0.15, 0.2) is 0 Å². The minimum Gasteiger partial charge on any atom is -0.326 e. The van der Waals surface area contributed by atoms with E-state index in [9.17, 15) is 8.42 Å². The molecule has 0 saturated carbocycles. The molecule has 0 spiro atoms. The minimum absolute atomic E-state index is 0.136. The number of rotatable bonds is 6. The molecule has 0 aromatic carbocycles. The lowest BCUT2D eigenvalue weighted by atomic mass is 10.1. The molecule has 2 heterocycles. The predicted octanol–water partition coefficient (Wildman–Crippen LogP) is 2.18. The van der Waals surface area contributed by atoms with Crippen molar-refractivity contribution in [2.75, 3.05) is 0 Å². The zero-order valence-electron chi connectivity index (χ0n) is 10.5. The van der Waals surface area contributed by atoms with E-state index in [0.717, 1.165) is 11.1 Å². The van der Waals surface area contributed by atoms with Crippen LogP contribution in [0.15, 0.2) is 32.5 Å². The first-order valence-electron chi connectivity index (χ1n) is 5.82. The normalized spacial score (nSPS) is 13.6. The van der Waals surface area contributed by atoms with Crippen LogP contribution in [0.5, 0.6) is 0 Å². The lowest BCUT2D eigenvalue weighted by Crippen LogP contribution is -2.33. The van der Waals surface area contributed by atoms with Crippen LogP contribution in [0.2, 0.25) is 0 Å². The predicted molar refractivity (Wildman–Crippen MR) is 80.0 cm³/mol. The van der Waals surface area contributed by atoms with Crippen LogP contribution in [0, 0.1) is 0 Å². The summed E-state index contributed by atoms with van der Waals surface area (Å²) >= 11 is 2.82. The summed E-state index contributed by atoms with van der Waals surface area (Å²) in [7, 11) is -3.44. The smallest absolute Gasteiger partial charge is 0.250 e. The Morgan fingerprint density at radius 3 is 2.74 bits per heavy atom. The van der Waals surface area contributed by atoms with Gasteiger partial charge in [-0.1, -0.05) is 0 Å². The van der Waals surface area contributed by atoms with E-state index < -0.39 is 10.0 Å². The molecule has 1 atom stereocenters. The highest BCUT2D eigenvalue weighted by Crippen LogP contribution is 2.20. The van der Waals surface area contributed by atoms with Gasteiger partial charge >= 0.3 is 0 Å². The standard InChI is InChI=1S/C12H16N2O2S3/c1-9(4-10-2-3-17-7-10)14-19(15,16)12-5-11(6-13)8-18-12/h2-3,5,7-9,14H,4,6,13H2,1H3. The molecule has 0 aliphatic heterocycles. The third-order valence-corrected chi connectivity index (χ3v) is 6.42. The van der Waals surface area contributed by atoms with Gasteiger partial charge in [-0.15, -0.1) is 11.3 Å². The first-order chi connectivity index (χ1) is 9.01. The maximum atomic E-state index is 12.2. The molecule has 1 unspecified atom stereocenters. The zero-order chi connectivity index (χ0) is 13.9. The van der Waals surface area contributed by atoms with Crippen molar-refractivity contribution in [2.45, 2.75) is 30.1 Å². The van der Waals surface area contributed by atoms with Gasteiger partial charge in [0.25, 0.3) is 0 Å². The Morgan fingerprint density at radius 1 is 1.37 bits per heavy atom. The Balaban J connectivity index is 2.04. The molecule has 0 saturated heterocycles. The van der Waals surface area contributed by atoms with Gasteiger partial charge in [-0.25, -0.2) is 13.1 Å². The van der Waals surface area contributed by atoms with Gasteiger partial charge in [0, 0.05) is 12.6 Å². The van der Waals surface area contributed by atoms with Crippen LogP contribution >= 0.6 is 22.7 Å². The van der Waals surface area contributed by atoms with Crippen molar-refractivity contribution in [1.29, 1.82) is 0 Å². The summed E-state index contributed by atoms with van der Waals surface area (Å²) in [6, 6.07) is 3.50. The van der Waals surface area contributed by atoms with Crippen LogP contribution in [-0.4, -0.2) is 14.5 Å². The van der Waals surface area contributed by atoms with Crippen molar-refractivity contribution >= 4 is 32.7 Å². The number of sulfonamides is 1. The Kier molecular flexibility index (Phi) is 4.75. The molecule has 7 heteroatoms. The number of thiophene rings is 2. The summed E-state index contributed by atoms with van der Waals surface area (Å²) in [5.74, 6) is 0. The molecular formula is C12H16N2O2S3. The summed E-state index contributed by atoms with van der Waals surface area (Å²) in [4.78, 5) is 0. The van der Waals surface area contributed by atoms with E-state index in [4.69, 9.17) is 5.73 Å². The fourth-order valence-corrected chi connectivity index (χ4v) is 4.89. The van der Waals surface area contributed by atoms with Crippen molar-refractivity contribution in [3.8, 4) is 0 Å². The maximum Gasteiger partial charge on any atom is 0.250 e. The molecule has 0 aliphatic carbocycles. The van der Waals surface area contributed by atoms with Crippen molar-refractivity contribution < 1.29 is 8.42 Å². The molecule has 0 amide bonds. The Hall–Kier alpha value is -0.730. The molecule has 2 aromatic rings. The quantitative estimate of drug-likeness (QED) is 0.858. The number of nitrogens with one attached hydrogen (secondary N) is 1. The minimum atomic E-state index is -3.44. The van der Waals surface area contributed by atoms with Crippen LogP contribution in [0.1, 0.15) is 18.1 Å². The highest BCUT2D eigenvalue weighted by molar-refractivity contribution is 7.91. The molecule has 4 nitrogen and oxygen atoms in total. The lowest BCUT2D eigenvalue weighted by Gasteiger charge is -2.12. The first-order valence-corrected chi connectivity index (χ1v) is 9.12. The first kappa shape index (κ1) is 14.7. The van der Waals surface area contributed by atoms with Gasteiger partial charge in [0.2, 0.25) is 10.0 Å². The van der Waals surface area contributed by atoms with Crippen LogP contribution in [0.4, 0.5) is 0 Å². The maximum absolute atomic E-state index is 12.2. The topological polar surface area (TPSA) is 72.2 Å². The highest BCUT2D eigenvalue weighted by atomic mass is 32.2. The van der Waals surface area contributed by atoms with E-state index in [2.05, 4.69) is 4.72 Å². The van der Waals surface area contributed by atoms with Crippen LogP contribution in [0.25, 0.3) is 0 Å². The fraction of sp³-hybridized carbons (Fsp3) is 0.333. The highest BCUT2D eigenvalue weighted by Gasteiger charge is 2.19.